The third-order valence-corrected chi connectivity index (χ3v) is 4.47. The van der Waals surface area contributed by atoms with Crippen molar-refractivity contribution in [3.63, 3.8) is 0 Å². The Hall–Kier alpha value is -1.34. The molecule has 108 valence electrons. The first-order valence-corrected chi connectivity index (χ1v) is 7.73. The highest BCUT2D eigenvalue weighted by Crippen LogP contribution is 2.20. The van der Waals surface area contributed by atoms with Gasteiger partial charge in [0.05, 0.1) is 0 Å². The zero-order valence-corrected chi connectivity index (χ0v) is 12.3. The molecule has 0 radical (unpaired) electrons. The average Bonchev–Trinajstić information content (AvgIpc) is 2.79. The molecule has 0 bridgehead atoms. The summed E-state index contributed by atoms with van der Waals surface area (Å²) in [7, 11) is -3.69. The Kier molecular flexibility index (Phi) is 4.49. The fraction of sp³-hybridized carbons (Fsp3) is 0.231. The molecule has 0 spiro atoms. The van der Waals surface area contributed by atoms with E-state index in [2.05, 4.69) is 4.72 Å². The lowest BCUT2D eigenvalue weighted by Crippen LogP contribution is -2.23. The molecular formula is C13H14ClNO4S. The summed E-state index contributed by atoms with van der Waals surface area (Å²) < 4.78 is 31.9. The van der Waals surface area contributed by atoms with E-state index in [1.54, 1.807) is 24.3 Å². The molecule has 5 nitrogen and oxygen atoms in total. The Morgan fingerprint density at radius 1 is 1.35 bits per heavy atom. The molecule has 0 saturated carbocycles. The minimum absolute atomic E-state index is 0.0311. The lowest BCUT2D eigenvalue weighted by atomic mass is 10.2. The maximum absolute atomic E-state index is 12.2. The second-order valence-corrected chi connectivity index (χ2v) is 6.42. The van der Waals surface area contributed by atoms with Crippen LogP contribution in [0, 0.1) is 6.92 Å². The Balaban J connectivity index is 2.17. The number of rotatable bonds is 5. The quantitative estimate of drug-likeness (QED) is 0.886. The predicted octanol–water partition coefficient (Wildman–Crippen LogP) is 2.21. The number of hydrogen-bond donors (Lipinski definition) is 2. The van der Waals surface area contributed by atoms with Crippen LogP contribution in [0.4, 0.5) is 0 Å². The summed E-state index contributed by atoms with van der Waals surface area (Å²) in [5.41, 5.74) is 0.754. The van der Waals surface area contributed by atoms with Crippen molar-refractivity contribution in [3.05, 3.63) is 52.4 Å². The summed E-state index contributed by atoms with van der Waals surface area (Å²) in [5.74, 6) is 0.457. The van der Waals surface area contributed by atoms with E-state index in [1.165, 1.54) is 13.0 Å². The lowest BCUT2D eigenvalue weighted by molar-refractivity contribution is 0.244. The molecule has 0 aliphatic carbocycles. The van der Waals surface area contributed by atoms with Gasteiger partial charge in [0.2, 0.25) is 10.0 Å². The van der Waals surface area contributed by atoms with Gasteiger partial charge < -0.3 is 9.52 Å². The van der Waals surface area contributed by atoms with E-state index in [0.29, 0.717) is 5.02 Å². The monoisotopic (exact) mass is 315 g/mol. The molecule has 20 heavy (non-hydrogen) atoms. The third-order valence-electron chi connectivity index (χ3n) is 2.72. The Labute approximate surface area is 122 Å². The topological polar surface area (TPSA) is 79.5 Å². The van der Waals surface area contributed by atoms with E-state index in [9.17, 15) is 8.42 Å². The van der Waals surface area contributed by atoms with Crippen molar-refractivity contribution >= 4 is 21.6 Å². The molecule has 2 rings (SSSR count). The van der Waals surface area contributed by atoms with Gasteiger partial charge in [-0.05, 0) is 24.6 Å². The van der Waals surface area contributed by atoms with Crippen LogP contribution in [0.5, 0.6) is 0 Å². The molecule has 0 aliphatic heterocycles. The van der Waals surface area contributed by atoms with E-state index in [4.69, 9.17) is 21.1 Å². The molecule has 0 aliphatic rings. The first-order valence-electron chi connectivity index (χ1n) is 5.86. The molecule has 1 heterocycles. The highest BCUT2D eigenvalue weighted by Gasteiger charge is 2.20. The van der Waals surface area contributed by atoms with Crippen LogP contribution in [0.3, 0.4) is 0 Å². The van der Waals surface area contributed by atoms with Gasteiger partial charge in [0, 0.05) is 17.6 Å². The van der Waals surface area contributed by atoms with Gasteiger partial charge in [-0.25, -0.2) is 13.1 Å². The van der Waals surface area contributed by atoms with Crippen LogP contribution in [-0.2, 0) is 23.2 Å². The van der Waals surface area contributed by atoms with E-state index in [-0.39, 0.29) is 29.6 Å². The lowest BCUT2D eigenvalue weighted by Gasteiger charge is -2.06. The molecule has 0 saturated heterocycles. The SMILES string of the molecule is Cc1oc(CO)cc1S(=O)(=O)NCc1cccc(Cl)c1. The van der Waals surface area contributed by atoms with E-state index in [1.807, 2.05) is 0 Å². The van der Waals surface area contributed by atoms with Crippen molar-refractivity contribution in [2.45, 2.75) is 25.0 Å². The van der Waals surface area contributed by atoms with Crippen LogP contribution >= 0.6 is 11.6 Å². The van der Waals surface area contributed by atoms with Crippen molar-refractivity contribution in [1.82, 2.24) is 4.72 Å². The van der Waals surface area contributed by atoms with Crippen molar-refractivity contribution in [3.8, 4) is 0 Å². The number of aliphatic hydroxyl groups is 1. The van der Waals surface area contributed by atoms with Crippen molar-refractivity contribution < 1.29 is 17.9 Å². The highest BCUT2D eigenvalue weighted by molar-refractivity contribution is 7.89. The summed E-state index contributed by atoms with van der Waals surface area (Å²) in [6.07, 6.45) is 0. The van der Waals surface area contributed by atoms with Gasteiger partial charge in [-0.2, -0.15) is 0 Å². The summed E-state index contributed by atoms with van der Waals surface area (Å²) in [6.45, 7) is 1.32. The number of halogens is 1. The second kappa shape index (κ2) is 5.97. The van der Waals surface area contributed by atoms with Gasteiger partial charge in [-0.15, -0.1) is 0 Å². The minimum Gasteiger partial charge on any atom is -0.462 e. The zero-order valence-electron chi connectivity index (χ0n) is 10.8. The maximum atomic E-state index is 12.2. The molecule has 1 aromatic heterocycles. The van der Waals surface area contributed by atoms with Crippen LogP contribution < -0.4 is 4.72 Å². The summed E-state index contributed by atoms with van der Waals surface area (Å²) in [5, 5.41) is 9.50. The molecule has 0 atom stereocenters. The van der Waals surface area contributed by atoms with E-state index >= 15 is 0 Å². The van der Waals surface area contributed by atoms with Crippen molar-refractivity contribution in [1.29, 1.82) is 0 Å². The third kappa shape index (κ3) is 3.40. The van der Waals surface area contributed by atoms with Crippen LogP contribution in [0.1, 0.15) is 17.1 Å². The van der Waals surface area contributed by atoms with Crippen LogP contribution in [0.15, 0.2) is 39.6 Å². The molecule has 2 aromatic rings. The largest absolute Gasteiger partial charge is 0.462 e. The number of aliphatic hydroxyl groups excluding tert-OH is 1. The number of sulfonamides is 1. The van der Waals surface area contributed by atoms with E-state index in [0.717, 1.165) is 5.56 Å². The first-order chi connectivity index (χ1) is 9.42. The number of nitrogens with one attached hydrogen (secondary N) is 1. The van der Waals surface area contributed by atoms with Crippen LogP contribution in [0.25, 0.3) is 0 Å². The van der Waals surface area contributed by atoms with Gasteiger partial charge >= 0.3 is 0 Å². The molecule has 2 N–H and O–H groups in total. The smallest absolute Gasteiger partial charge is 0.244 e. The molecule has 7 heteroatoms. The van der Waals surface area contributed by atoms with Crippen LogP contribution in [-0.4, -0.2) is 13.5 Å². The number of furan rings is 1. The second-order valence-electron chi connectivity index (χ2n) is 4.25. The van der Waals surface area contributed by atoms with Gasteiger partial charge in [0.25, 0.3) is 0 Å². The van der Waals surface area contributed by atoms with Crippen LogP contribution in [0.2, 0.25) is 5.02 Å². The van der Waals surface area contributed by atoms with Crippen molar-refractivity contribution in [2.24, 2.45) is 0 Å². The number of hydrogen-bond acceptors (Lipinski definition) is 4. The summed E-state index contributed by atoms with van der Waals surface area (Å²) in [6, 6.07) is 8.24. The van der Waals surface area contributed by atoms with Gasteiger partial charge in [0.15, 0.2) is 0 Å². The standard InChI is InChI=1S/C13H14ClNO4S/c1-9-13(6-12(8-16)19-9)20(17,18)15-7-10-3-2-4-11(14)5-10/h2-6,15-16H,7-8H2,1H3. The Bertz CT molecular complexity index is 709. The molecule has 0 amide bonds. The summed E-state index contributed by atoms with van der Waals surface area (Å²) >= 11 is 5.84. The number of aryl methyl sites for hydroxylation is 1. The summed E-state index contributed by atoms with van der Waals surface area (Å²) in [4.78, 5) is 0.0311. The zero-order chi connectivity index (χ0) is 14.8. The molecule has 0 unspecified atom stereocenters. The Morgan fingerprint density at radius 3 is 2.70 bits per heavy atom. The number of benzene rings is 1. The van der Waals surface area contributed by atoms with Gasteiger partial charge in [-0.3, -0.25) is 0 Å². The van der Waals surface area contributed by atoms with Gasteiger partial charge in [-0.1, -0.05) is 23.7 Å². The average molecular weight is 316 g/mol. The minimum atomic E-state index is -3.69. The fourth-order valence-electron chi connectivity index (χ4n) is 1.77. The highest BCUT2D eigenvalue weighted by atomic mass is 35.5. The van der Waals surface area contributed by atoms with Crippen molar-refractivity contribution in [2.75, 3.05) is 0 Å². The predicted molar refractivity (Wildman–Crippen MR) is 74.8 cm³/mol. The maximum Gasteiger partial charge on any atom is 0.244 e. The molecular weight excluding hydrogens is 302 g/mol. The fourth-order valence-corrected chi connectivity index (χ4v) is 3.20. The molecule has 1 aromatic carbocycles. The normalized spacial score (nSPS) is 11.8. The molecule has 0 fully saturated rings. The first kappa shape index (κ1) is 15.1. The van der Waals surface area contributed by atoms with Gasteiger partial charge in [0.1, 0.15) is 23.0 Å². The van der Waals surface area contributed by atoms with E-state index < -0.39 is 10.0 Å². The Morgan fingerprint density at radius 2 is 2.10 bits per heavy atom.